The Bertz CT molecular complexity index is 533. The first-order valence-electron chi connectivity index (χ1n) is 7.03. The Morgan fingerprint density at radius 3 is 2.81 bits per heavy atom. The van der Waals surface area contributed by atoms with Crippen LogP contribution in [0.15, 0.2) is 12.1 Å². The molecule has 1 aromatic rings. The molecule has 7 heteroatoms. The van der Waals surface area contributed by atoms with Gasteiger partial charge >= 0.3 is 0 Å². The molecule has 1 aromatic carbocycles. The monoisotopic (exact) mass is 315 g/mol. The van der Waals surface area contributed by atoms with Gasteiger partial charge in [-0.15, -0.1) is 0 Å². The van der Waals surface area contributed by atoms with Crippen LogP contribution in [0.2, 0.25) is 5.02 Å². The molecule has 1 unspecified atom stereocenters. The van der Waals surface area contributed by atoms with Crippen molar-refractivity contribution < 1.29 is 9.31 Å². The first kappa shape index (κ1) is 16.0. The summed E-state index contributed by atoms with van der Waals surface area (Å²) >= 11 is 5.82. The number of hydrogen-bond acceptors (Lipinski definition) is 4. The second-order valence-corrected chi connectivity index (χ2v) is 5.96. The maximum absolute atomic E-state index is 13.5. The molecule has 21 heavy (non-hydrogen) atoms. The first-order valence-corrected chi connectivity index (χ1v) is 7.41. The van der Waals surface area contributed by atoms with Crippen molar-refractivity contribution in [2.24, 2.45) is 0 Å². The van der Waals surface area contributed by atoms with Crippen LogP contribution in [0.1, 0.15) is 26.7 Å². The maximum atomic E-state index is 13.5. The highest BCUT2D eigenvalue weighted by atomic mass is 35.5. The highest BCUT2D eigenvalue weighted by Crippen LogP contribution is 2.34. The van der Waals surface area contributed by atoms with Crippen molar-refractivity contribution >= 4 is 23.0 Å². The third-order valence-electron chi connectivity index (χ3n) is 3.73. The summed E-state index contributed by atoms with van der Waals surface area (Å²) in [6.07, 6.45) is 2.13. The predicted molar refractivity (Wildman–Crippen MR) is 81.6 cm³/mol. The van der Waals surface area contributed by atoms with E-state index in [1.165, 1.54) is 6.07 Å². The third-order valence-corrected chi connectivity index (χ3v) is 4.02. The number of nitrogens with one attached hydrogen (secondary N) is 1. The molecular formula is C14H19ClFN3O2. The summed E-state index contributed by atoms with van der Waals surface area (Å²) in [5.74, 6) is -0.769. The average Bonchev–Trinajstić information content (AvgIpc) is 2.91. The van der Waals surface area contributed by atoms with Crippen molar-refractivity contribution in [3.8, 4) is 0 Å². The standard InChI is InChI=1S/C14H19ClFN3O2/c1-9(2)18(8-10-4-3-5-17-10)13-6-11(15)12(16)7-14(13)19(20)21/h6-7,9-10,17H,3-5,8H2,1-2H3. The summed E-state index contributed by atoms with van der Waals surface area (Å²) < 4.78 is 13.5. The summed E-state index contributed by atoms with van der Waals surface area (Å²) in [6, 6.07) is 2.59. The number of nitrogens with zero attached hydrogens (tertiary/aromatic N) is 2. The smallest absolute Gasteiger partial charge is 0.295 e. The van der Waals surface area contributed by atoms with Gasteiger partial charge in [-0.1, -0.05) is 11.6 Å². The fraction of sp³-hybridized carbons (Fsp3) is 0.571. The molecule has 1 fully saturated rings. The van der Waals surface area contributed by atoms with E-state index >= 15 is 0 Å². The second kappa shape index (κ2) is 6.58. The minimum atomic E-state index is -0.769. The van der Waals surface area contributed by atoms with Crippen molar-refractivity contribution in [3.63, 3.8) is 0 Å². The van der Waals surface area contributed by atoms with Crippen LogP contribution in [0, 0.1) is 15.9 Å². The third kappa shape index (κ3) is 3.63. The fourth-order valence-electron chi connectivity index (χ4n) is 2.64. The van der Waals surface area contributed by atoms with Gasteiger partial charge in [-0.25, -0.2) is 4.39 Å². The lowest BCUT2D eigenvalue weighted by Crippen LogP contribution is -2.41. The molecular weight excluding hydrogens is 297 g/mol. The number of hydrogen-bond donors (Lipinski definition) is 1. The molecule has 0 amide bonds. The minimum absolute atomic E-state index is 0.0487. The number of rotatable bonds is 5. The lowest BCUT2D eigenvalue weighted by atomic mass is 10.1. The van der Waals surface area contributed by atoms with Crippen LogP contribution < -0.4 is 10.2 Å². The summed E-state index contributed by atoms with van der Waals surface area (Å²) in [5.41, 5.74) is 0.124. The largest absolute Gasteiger partial charge is 0.362 e. The average molecular weight is 316 g/mol. The van der Waals surface area contributed by atoms with Crippen LogP contribution in [0.3, 0.4) is 0 Å². The lowest BCUT2D eigenvalue weighted by molar-refractivity contribution is -0.384. The quantitative estimate of drug-likeness (QED) is 0.668. The van der Waals surface area contributed by atoms with E-state index in [4.69, 9.17) is 11.6 Å². The Morgan fingerprint density at radius 1 is 1.57 bits per heavy atom. The van der Waals surface area contributed by atoms with E-state index in [0.717, 1.165) is 25.5 Å². The van der Waals surface area contributed by atoms with Gasteiger partial charge < -0.3 is 10.2 Å². The summed E-state index contributed by atoms with van der Waals surface area (Å²) in [6.45, 7) is 5.51. The Morgan fingerprint density at radius 2 is 2.29 bits per heavy atom. The van der Waals surface area contributed by atoms with Gasteiger partial charge in [0.15, 0.2) is 0 Å². The molecule has 1 heterocycles. The Labute approximate surface area is 128 Å². The Hall–Kier alpha value is -1.40. The van der Waals surface area contributed by atoms with Crippen molar-refractivity contribution in [2.45, 2.75) is 38.8 Å². The van der Waals surface area contributed by atoms with Crippen molar-refractivity contribution in [1.29, 1.82) is 0 Å². The van der Waals surface area contributed by atoms with Gasteiger partial charge in [0.1, 0.15) is 11.5 Å². The predicted octanol–water partition coefficient (Wildman–Crippen LogP) is 3.35. The molecule has 1 saturated heterocycles. The Balaban J connectivity index is 2.38. The maximum Gasteiger partial charge on any atom is 0.295 e. The number of anilines is 1. The van der Waals surface area contributed by atoms with Gasteiger partial charge in [0.2, 0.25) is 0 Å². The molecule has 1 atom stereocenters. The summed E-state index contributed by atoms with van der Waals surface area (Å²) in [5, 5.41) is 14.5. The molecule has 1 N–H and O–H groups in total. The molecule has 0 aliphatic carbocycles. The molecule has 116 valence electrons. The van der Waals surface area contributed by atoms with E-state index in [0.29, 0.717) is 12.2 Å². The molecule has 2 rings (SSSR count). The highest BCUT2D eigenvalue weighted by Gasteiger charge is 2.27. The van der Waals surface area contributed by atoms with Crippen LogP contribution in [-0.4, -0.2) is 30.1 Å². The van der Waals surface area contributed by atoms with Crippen LogP contribution in [-0.2, 0) is 0 Å². The summed E-state index contributed by atoms with van der Waals surface area (Å²) in [7, 11) is 0. The van der Waals surface area contributed by atoms with E-state index in [2.05, 4.69) is 5.32 Å². The second-order valence-electron chi connectivity index (χ2n) is 5.55. The van der Waals surface area contributed by atoms with Crippen molar-refractivity contribution in [3.05, 3.63) is 33.1 Å². The molecule has 0 saturated carbocycles. The zero-order chi connectivity index (χ0) is 15.6. The number of nitro benzene ring substituents is 1. The summed E-state index contributed by atoms with van der Waals surface area (Å²) in [4.78, 5) is 12.5. The molecule has 0 spiro atoms. The number of nitro groups is 1. The van der Waals surface area contributed by atoms with Crippen molar-refractivity contribution in [2.75, 3.05) is 18.0 Å². The normalized spacial score (nSPS) is 18.2. The van der Waals surface area contributed by atoms with Gasteiger partial charge in [0.25, 0.3) is 5.69 Å². The van der Waals surface area contributed by atoms with E-state index in [-0.39, 0.29) is 22.8 Å². The van der Waals surface area contributed by atoms with Crippen LogP contribution in [0.25, 0.3) is 0 Å². The van der Waals surface area contributed by atoms with Crippen LogP contribution >= 0.6 is 11.6 Å². The Kier molecular flexibility index (Phi) is 5.00. The molecule has 1 aliphatic rings. The van der Waals surface area contributed by atoms with Gasteiger partial charge in [0, 0.05) is 18.6 Å². The molecule has 5 nitrogen and oxygen atoms in total. The lowest BCUT2D eigenvalue weighted by Gasteiger charge is -2.31. The molecule has 0 radical (unpaired) electrons. The topological polar surface area (TPSA) is 58.4 Å². The van der Waals surface area contributed by atoms with E-state index in [9.17, 15) is 14.5 Å². The highest BCUT2D eigenvalue weighted by molar-refractivity contribution is 6.31. The van der Waals surface area contributed by atoms with Gasteiger partial charge in [-0.2, -0.15) is 0 Å². The molecule has 0 bridgehead atoms. The van der Waals surface area contributed by atoms with E-state index < -0.39 is 10.7 Å². The fourth-order valence-corrected chi connectivity index (χ4v) is 2.80. The SMILES string of the molecule is CC(C)N(CC1CCCN1)c1cc(Cl)c(F)cc1[N+](=O)[O-]. The van der Waals surface area contributed by atoms with Crippen molar-refractivity contribution in [1.82, 2.24) is 5.32 Å². The molecule has 1 aliphatic heterocycles. The van der Waals surface area contributed by atoms with E-state index in [1.54, 1.807) is 0 Å². The van der Waals surface area contributed by atoms with Crippen LogP contribution in [0.5, 0.6) is 0 Å². The number of benzene rings is 1. The van der Waals surface area contributed by atoms with Gasteiger partial charge in [-0.05, 0) is 39.3 Å². The zero-order valence-corrected chi connectivity index (χ0v) is 12.9. The van der Waals surface area contributed by atoms with Crippen LogP contribution in [0.4, 0.5) is 15.8 Å². The first-order chi connectivity index (χ1) is 9.90. The number of halogens is 2. The van der Waals surface area contributed by atoms with Gasteiger partial charge in [-0.3, -0.25) is 10.1 Å². The van der Waals surface area contributed by atoms with Gasteiger partial charge in [0.05, 0.1) is 16.0 Å². The molecule has 0 aromatic heterocycles. The minimum Gasteiger partial charge on any atom is -0.362 e. The van der Waals surface area contributed by atoms with E-state index in [1.807, 2.05) is 18.7 Å². The zero-order valence-electron chi connectivity index (χ0n) is 12.1.